The summed E-state index contributed by atoms with van der Waals surface area (Å²) in [5.41, 5.74) is 6.49. The molecule has 1 aromatic heterocycles. The largest absolute Gasteiger partial charge is 0.325 e. The van der Waals surface area contributed by atoms with Gasteiger partial charge < -0.3 is 5.73 Å². The van der Waals surface area contributed by atoms with E-state index in [-0.39, 0.29) is 6.04 Å². The summed E-state index contributed by atoms with van der Waals surface area (Å²) < 4.78 is 0. The highest BCUT2D eigenvalue weighted by molar-refractivity contribution is 5.46. The zero-order valence-electron chi connectivity index (χ0n) is 6.44. The lowest BCUT2D eigenvalue weighted by atomic mass is 10.2. The molecular formula is C8H11N3. The fraction of sp³-hybridized carbons (Fsp3) is 0.250. The lowest BCUT2D eigenvalue weighted by molar-refractivity contribution is 0.930. The minimum absolute atomic E-state index is 0.0789. The van der Waals surface area contributed by atoms with Gasteiger partial charge in [-0.05, 0) is 6.92 Å². The van der Waals surface area contributed by atoms with E-state index in [0.29, 0.717) is 0 Å². The fourth-order valence-electron chi connectivity index (χ4n) is 0.660. The van der Waals surface area contributed by atoms with E-state index >= 15 is 0 Å². The van der Waals surface area contributed by atoms with Crippen LogP contribution in [0.4, 0.5) is 0 Å². The van der Waals surface area contributed by atoms with Gasteiger partial charge in [0.25, 0.3) is 0 Å². The molecule has 0 radical (unpaired) electrons. The van der Waals surface area contributed by atoms with Crippen molar-refractivity contribution in [3.05, 3.63) is 30.4 Å². The lowest BCUT2D eigenvalue weighted by Gasteiger charge is -1.93. The molecule has 0 aromatic carbocycles. The second-order valence-electron chi connectivity index (χ2n) is 2.39. The van der Waals surface area contributed by atoms with Gasteiger partial charge in [0.05, 0.1) is 0 Å². The summed E-state index contributed by atoms with van der Waals surface area (Å²) in [5, 5.41) is 0. The van der Waals surface area contributed by atoms with Crippen LogP contribution in [0.25, 0.3) is 6.08 Å². The van der Waals surface area contributed by atoms with E-state index in [4.69, 9.17) is 5.73 Å². The van der Waals surface area contributed by atoms with E-state index in [2.05, 4.69) is 9.97 Å². The first-order valence-corrected chi connectivity index (χ1v) is 3.48. The Morgan fingerprint density at radius 2 is 2.09 bits per heavy atom. The van der Waals surface area contributed by atoms with Crippen molar-refractivity contribution in [2.75, 3.05) is 0 Å². The molecule has 2 N–H and O–H groups in total. The molecule has 1 heterocycles. The number of nitrogens with two attached hydrogens (primary N) is 1. The molecule has 0 bridgehead atoms. The number of hydrogen-bond acceptors (Lipinski definition) is 3. The Morgan fingerprint density at radius 3 is 2.64 bits per heavy atom. The van der Waals surface area contributed by atoms with Gasteiger partial charge in [0.15, 0.2) is 0 Å². The van der Waals surface area contributed by atoms with Crippen molar-refractivity contribution >= 4 is 6.08 Å². The van der Waals surface area contributed by atoms with Crippen molar-refractivity contribution in [1.82, 2.24) is 9.97 Å². The second kappa shape index (κ2) is 3.83. The van der Waals surface area contributed by atoms with Crippen LogP contribution < -0.4 is 5.73 Å². The van der Waals surface area contributed by atoms with Gasteiger partial charge in [-0.25, -0.2) is 9.97 Å². The van der Waals surface area contributed by atoms with Crippen LogP contribution in [0.15, 0.2) is 24.8 Å². The molecule has 3 heteroatoms. The summed E-state index contributed by atoms with van der Waals surface area (Å²) in [7, 11) is 0. The number of rotatable bonds is 2. The Balaban J connectivity index is 2.65. The second-order valence-corrected chi connectivity index (χ2v) is 2.39. The van der Waals surface area contributed by atoms with Gasteiger partial charge >= 0.3 is 0 Å². The van der Waals surface area contributed by atoms with Crippen LogP contribution >= 0.6 is 0 Å². The Labute approximate surface area is 66.0 Å². The molecule has 1 rings (SSSR count). The zero-order chi connectivity index (χ0) is 8.10. The van der Waals surface area contributed by atoms with Gasteiger partial charge in [-0.3, -0.25) is 0 Å². The minimum Gasteiger partial charge on any atom is -0.325 e. The van der Waals surface area contributed by atoms with Gasteiger partial charge in [-0.15, -0.1) is 0 Å². The third-order valence-electron chi connectivity index (χ3n) is 1.17. The molecule has 1 atom stereocenters. The Bertz CT molecular complexity index is 228. The monoisotopic (exact) mass is 149 g/mol. The summed E-state index contributed by atoms with van der Waals surface area (Å²) in [5.74, 6) is 0. The SMILES string of the molecule is CC(N)C=Cc1cncnc1. The van der Waals surface area contributed by atoms with Gasteiger partial charge in [0.1, 0.15) is 6.33 Å². The van der Waals surface area contributed by atoms with Crippen molar-refractivity contribution in [3.8, 4) is 0 Å². The third-order valence-corrected chi connectivity index (χ3v) is 1.17. The molecule has 0 fully saturated rings. The number of hydrogen-bond donors (Lipinski definition) is 1. The van der Waals surface area contributed by atoms with Crippen LogP contribution in [0.1, 0.15) is 12.5 Å². The zero-order valence-corrected chi connectivity index (χ0v) is 6.44. The maximum absolute atomic E-state index is 5.51. The smallest absolute Gasteiger partial charge is 0.115 e. The fourth-order valence-corrected chi connectivity index (χ4v) is 0.660. The third kappa shape index (κ3) is 2.91. The average molecular weight is 149 g/mol. The highest BCUT2D eigenvalue weighted by Gasteiger charge is 1.86. The maximum atomic E-state index is 5.51. The van der Waals surface area contributed by atoms with E-state index in [1.54, 1.807) is 12.4 Å². The van der Waals surface area contributed by atoms with Crippen molar-refractivity contribution in [2.24, 2.45) is 5.73 Å². The van der Waals surface area contributed by atoms with Gasteiger partial charge in [-0.1, -0.05) is 12.2 Å². The summed E-state index contributed by atoms with van der Waals surface area (Å²) >= 11 is 0. The van der Waals surface area contributed by atoms with E-state index in [1.165, 1.54) is 6.33 Å². The maximum Gasteiger partial charge on any atom is 0.115 e. The van der Waals surface area contributed by atoms with Crippen molar-refractivity contribution in [1.29, 1.82) is 0 Å². The normalized spacial score (nSPS) is 13.6. The Morgan fingerprint density at radius 1 is 1.45 bits per heavy atom. The molecule has 1 unspecified atom stereocenters. The van der Waals surface area contributed by atoms with Crippen LogP contribution in [-0.2, 0) is 0 Å². The Kier molecular flexibility index (Phi) is 2.74. The van der Waals surface area contributed by atoms with Crippen LogP contribution in [0.3, 0.4) is 0 Å². The van der Waals surface area contributed by atoms with Crippen molar-refractivity contribution in [2.45, 2.75) is 13.0 Å². The van der Waals surface area contributed by atoms with E-state index < -0.39 is 0 Å². The van der Waals surface area contributed by atoms with Crippen molar-refractivity contribution < 1.29 is 0 Å². The van der Waals surface area contributed by atoms with Gasteiger partial charge in [-0.2, -0.15) is 0 Å². The lowest BCUT2D eigenvalue weighted by Crippen LogP contribution is -2.09. The average Bonchev–Trinajstić information content (AvgIpc) is 2.03. The van der Waals surface area contributed by atoms with Crippen LogP contribution in [0.2, 0.25) is 0 Å². The molecule has 0 aliphatic carbocycles. The molecule has 0 aliphatic heterocycles. The Hall–Kier alpha value is -1.22. The van der Waals surface area contributed by atoms with E-state index in [0.717, 1.165) is 5.56 Å². The van der Waals surface area contributed by atoms with E-state index in [9.17, 15) is 0 Å². The van der Waals surface area contributed by atoms with Gasteiger partial charge in [0.2, 0.25) is 0 Å². The number of aromatic nitrogens is 2. The van der Waals surface area contributed by atoms with Crippen LogP contribution in [0.5, 0.6) is 0 Å². The highest BCUT2D eigenvalue weighted by Crippen LogP contribution is 1.96. The predicted octanol–water partition coefficient (Wildman–Crippen LogP) is 0.837. The molecule has 0 amide bonds. The molecule has 0 saturated carbocycles. The number of nitrogens with zero attached hydrogens (tertiary/aromatic N) is 2. The standard InChI is InChI=1S/C8H11N3/c1-7(9)2-3-8-4-10-6-11-5-8/h2-7H,9H2,1H3. The summed E-state index contributed by atoms with van der Waals surface area (Å²) in [6.07, 6.45) is 8.80. The van der Waals surface area contributed by atoms with E-state index in [1.807, 2.05) is 19.1 Å². The summed E-state index contributed by atoms with van der Waals surface area (Å²) in [6, 6.07) is 0.0789. The first-order valence-electron chi connectivity index (χ1n) is 3.48. The molecule has 58 valence electrons. The molecule has 0 aliphatic rings. The van der Waals surface area contributed by atoms with Crippen LogP contribution in [-0.4, -0.2) is 16.0 Å². The highest BCUT2D eigenvalue weighted by atomic mass is 14.8. The summed E-state index contributed by atoms with van der Waals surface area (Å²) in [6.45, 7) is 1.92. The molecule has 0 spiro atoms. The predicted molar refractivity (Wildman–Crippen MR) is 44.7 cm³/mol. The van der Waals surface area contributed by atoms with Crippen LogP contribution in [0, 0.1) is 0 Å². The molecule has 3 nitrogen and oxygen atoms in total. The first kappa shape index (κ1) is 7.88. The molecule has 11 heavy (non-hydrogen) atoms. The molecule has 0 saturated heterocycles. The summed E-state index contributed by atoms with van der Waals surface area (Å²) in [4.78, 5) is 7.72. The minimum atomic E-state index is 0.0789. The first-order chi connectivity index (χ1) is 5.29. The van der Waals surface area contributed by atoms with Gasteiger partial charge in [0, 0.05) is 24.0 Å². The van der Waals surface area contributed by atoms with Crippen molar-refractivity contribution in [3.63, 3.8) is 0 Å². The molecule has 1 aromatic rings. The topological polar surface area (TPSA) is 51.8 Å². The molecular weight excluding hydrogens is 138 g/mol. The quantitative estimate of drug-likeness (QED) is 0.677.